The number of rotatable bonds is 6. The molecular formula is C25H23N7O4. The summed E-state index contributed by atoms with van der Waals surface area (Å²) in [4.78, 5) is 33.1. The van der Waals surface area contributed by atoms with Gasteiger partial charge in [-0.2, -0.15) is 10.1 Å². The third-order valence-electron chi connectivity index (χ3n) is 5.96. The van der Waals surface area contributed by atoms with E-state index in [-0.39, 0.29) is 12.5 Å². The van der Waals surface area contributed by atoms with E-state index in [1.54, 1.807) is 17.4 Å². The number of pyridine rings is 1. The number of nitrogens with one attached hydrogen (secondary N) is 1. The van der Waals surface area contributed by atoms with E-state index in [2.05, 4.69) is 25.5 Å². The predicted octanol–water partition coefficient (Wildman–Crippen LogP) is 3.82. The second-order valence-corrected chi connectivity index (χ2v) is 8.51. The molecule has 0 unspecified atom stereocenters. The lowest BCUT2D eigenvalue weighted by atomic mass is 10.1. The lowest BCUT2D eigenvalue weighted by Gasteiger charge is -2.10. The van der Waals surface area contributed by atoms with Gasteiger partial charge in [-0.15, -0.1) is 0 Å². The molecule has 5 rings (SSSR count). The van der Waals surface area contributed by atoms with E-state index in [1.165, 1.54) is 10.9 Å². The predicted molar refractivity (Wildman–Crippen MR) is 131 cm³/mol. The maximum Gasteiger partial charge on any atom is 0.325 e. The minimum atomic E-state index is -0.968. The highest BCUT2D eigenvalue weighted by Gasteiger charge is 2.19. The number of imidazole rings is 1. The molecule has 36 heavy (non-hydrogen) atoms. The number of benzene rings is 1. The number of aryl methyl sites for hydroxylation is 3. The summed E-state index contributed by atoms with van der Waals surface area (Å²) >= 11 is 0. The zero-order valence-corrected chi connectivity index (χ0v) is 20.1. The van der Waals surface area contributed by atoms with Crippen LogP contribution in [0, 0.1) is 27.7 Å². The maximum atomic E-state index is 13.3. The number of anilines is 1. The first-order valence-electron chi connectivity index (χ1n) is 11.2. The normalized spacial score (nSPS) is 11.2. The third-order valence-corrected chi connectivity index (χ3v) is 5.96. The number of amides is 1. The van der Waals surface area contributed by atoms with Crippen LogP contribution in [0.5, 0.6) is 0 Å². The average molecular weight is 486 g/mol. The molecule has 0 saturated heterocycles. The van der Waals surface area contributed by atoms with Crippen LogP contribution >= 0.6 is 0 Å². The van der Waals surface area contributed by atoms with E-state index in [4.69, 9.17) is 9.63 Å². The van der Waals surface area contributed by atoms with Crippen molar-refractivity contribution in [1.29, 1.82) is 0 Å². The van der Waals surface area contributed by atoms with Gasteiger partial charge >= 0.3 is 5.97 Å². The number of aliphatic carboxylic acids is 1. The Labute approximate surface area is 205 Å². The van der Waals surface area contributed by atoms with Gasteiger partial charge in [0.05, 0.1) is 11.9 Å². The van der Waals surface area contributed by atoms with Gasteiger partial charge in [0.15, 0.2) is 0 Å². The molecule has 5 aromatic rings. The maximum absolute atomic E-state index is 13.3. The molecule has 0 radical (unpaired) electrons. The first-order chi connectivity index (χ1) is 17.2. The van der Waals surface area contributed by atoms with Crippen LogP contribution in [0.25, 0.3) is 28.2 Å². The molecule has 11 nitrogen and oxygen atoms in total. The fourth-order valence-corrected chi connectivity index (χ4v) is 4.19. The van der Waals surface area contributed by atoms with E-state index in [1.807, 2.05) is 51.2 Å². The summed E-state index contributed by atoms with van der Waals surface area (Å²) in [6.07, 6.45) is 3.33. The number of nitrogens with zero attached hydrogens (tertiary/aromatic N) is 6. The minimum absolute atomic E-state index is 0.227. The molecule has 0 aliphatic rings. The summed E-state index contributed by atoms with van der Waals surface area (Å²) < 4.78 is 8.23. The van der Waals surface area contributed by atoms with Crippen LogP contribution in [0.1, 0.15) is 33.3 Å². The fourth-order valence-electron chi connectivity index (χ4n) is 4.19. The van der Waals surface area contributed by atoms with E-state index in [0.717, 1.165) is 27.9 Å². The van der Waals surface area contributed by atoms with Crippen molar-refractivity contribution in [2.45, 2.75) is 34.2 Å². The number of fused-ring (bicyclic) bond motifs is 1. The van der Waals surface area contributed by atoms with E-state index < -0.39 is 5.97 Å². The van der Waals surface area contributed by atoms with Crippen molar-refractivity contribution >= 4 is 23.2 Å². The molecular weight excluding hydrogens is 462 g/mol. The molecule has 182 valence electrons. The van der Waals surface area contributed by atoms with Gasteiger partial charge in [0.1, 0.15) is 17.9 Å². The smallest absolute Gasteiger partial charge is 0.325 e. The molecule has 4 heterocycles. The van der Waals surface area contributed by atoms with Gasteiger partial charge < -0.3 is 14.9 Å². The summed E-state index contributed by atoms with van der Waals surface area (Å²) in [5.74, 6) is -0.405. The number of carboxylic acids is 1. The molecule has 1 aromatic carbocycles. The molecule has 0 spiro atoms. The minimum Gasteiger partial charge on any atom is -0.480 e. The van der Waals surface area contributed by atoms with Crippen molar-refractivity contribution in [3.05, 3.63) is 71.3 Å². The number of hydrogen-bond donors (Lipinski definition) is 2. The number of carbonyl (C=O) groups is 2. The zero-order valence-electron chi connectivity index (χ0n) is 20.1. The molecule has 0 atom stereocenters. The molecule has 0 saturated carbocycles. The van der Waals surface area contributed by atoms with Gasteiger partial charge in [0, 0.05) is 41.2 Å². The summed E-state index contributed by atoms with van der Waals surface area (Å²) in [7, 11) is 0. The Morgan fingerprint density at radius 1 is 1.08 bits per heavy atom. The Morgan fingerprint density at radius 2 is 1.86 bits per heavy atom. The number of carboxylic acid groups (broad SMARTS) is 1. The molecule has 2 N–H and O–H groups in total. The summed E-state index contributed by atoms with van der Waals surface area (Å²) in [5.41, 5.74) is 6.20. The fraction of sp³-hybridized carbons (Fsp3) is 0.200. The largest absolute Gasteiger partial charge is 0.480 e. The monoisotopic (exact) mass is 485 g/mol. The summed E-state index contributed by atoms with van der Waals surface area (Å²) in [6, 6.07) is 9.24. The van der Waals surface area contributed by atoms with Gasteiger partial charge in [0.2, 0.25) is 11.7 Å². The van der Waals surface area contributed by atoms with Crippen LogP contribution in [0.2, 0.25) is 0 Å². The number of hydrogen-bond acceptors (Lipinski definition) is 7. The van der Waals surface area contributed by atoms with Crippen molar-refractivity contribution in [2.24, 2.45) is 0 Å². The van der Waals surface area contributed by atoms with Crippen LogP contribution in [0.3, 0.4) is 0 Å². The molecule has 0 fully saturated rings. The van der Waals surface area contributed by atoms with Crippen LogP contribution < -0.4 is 5.32 Å². The van der Waals surface area contributed by atoms with Crippen LogP contribution in [-0.2, 0) is 11.3 Å². The van der Waals surface area contributed by atoms with Gasteiger partial charge in [-0.25, -0.2) is 4.98 Å². The molecule has 1 amide bonds. The van der Waals surface area contributed by atoms with Gasteiger partial charge in [-0.3, -0.25) is 18.7 Å². The molecule has 0 aliphatic heterocycles. The van der Waals surface area contributed by atoms with Crippen LogP contribution in [0.15, 0.2) is 47.2 Å². The van der Waals surface area contributed by atoms with E-state index in [9.17, 15) is 9.59 Å². The Kier molecular flexibility index (Phi) is 5.59. The second kappa shape index (κ2) is 8.77. The topological polar surface area (TPSA) is 140 Å². The van der Waals surface area contributed by atoms with Crippen molar-refractivity contribution in [3.63, 3.8) is 0 Å². The Hall–Kier alpha value is -4.80. The number of carbonyl (C=O) groups excluding carboxylic acids is 1. The Morgan fingerprint density at radius 3 is 2.58 bits per heavy atom. The highest BCUT2D eigenvalue weighted by molar-refractivity contribution is 6.04. The Bertz CT molecular complexity index is 1640. The lowest BCUT2D eigenvalue weighted by Crippen LogP contribution is -2.15. The highest BCUT2D eigenvalue weighted by atomic mass is 16.5. The van der Waals surface area contributed by atoms with Crippen molar-refractivity contribution in [3.8, 4) is 22.5 Å². The average Bonchev–Trinajstić information content (AvgIpc) is 3.52. The van der Waals surface area contributed by atoms with Crippen molar-refractivity contribution in [2.75, 3.05) is 5.32 Å². The van der Waals surface area contributed by atoms with Gasteiger partial charge in [-0.05, 0) is 44.5 Å². The number of aromatic nitrogens is 6. The molecule has 0 bridgehead atoms. The van der Waals surface area contributed by atoms with Crippen molar-refractivity contribution in [1.82, 2.24) is 29.3 Å². The quantitative estimate of drug-likeness (QED) is 0.370. The van der Waals surface area contributed by atoms with Crippen LogP contribution in [-0.4, -0.2) is 46.3 Å². The molecule has 0 aliphatic carbocycles. The Balaban J connectivity index is 1.49. The summed E-state index contributed by atoms with van der Waals surface area (Å²) in [6.45, 7) is 7.04. The molecule has 4 aromatic heterocycles. The summed E-state index contributed by atoms with van der Waals surface area (Å²) in [5, 5.41) is 20.4. The first-order valence-corrected chi connectivity index (χ1v) is 11.2. The first kappa shape index (κ1) is 23.0. The highest BCUT2D eigenvalue weighted by Crippen LogP contribution is 2.28. The zero-order chi connectivity index (χ0) is 25.6. The van der Waals surface area contributed by atoms with Gasteiger partial charge in [-0.1, -0.05) is 17.3 Å². The SMILES string of the molecule is Cc1nc(-c2ccc(C)c(NC(=O)c3cnc4ccc(-c5c(C)nn(CC(=O)O)c5C)cn34)c2)no1. The van der Waals surface area contributed by atoms with E-state index >= 15 is 0 Å². The van der Waals surface area contributed by atoms with Crippen molar-refractivity contribution < 1.29 is 19.2 Å². The lowest BCUT2D eigenvalue weighted by molar-refractivity contribution is -0.137. The van der Waals surface area contributed by atoms with Crippen LogP contribution in [0.4, 0.5) is 5.69 Å². The van der Waals surface area contributed by atoms with E-state index in [0.29, 0.717) is 34.4 Å². The third kappa shape index (κ3) is 4.11. The standard InChI is InChI=1S/C25H23N7O4/c1-13-5-6-17(24-27-16(4)36-30-24)9-19(13)28-25(35)20-10-26-21-8-7-18(11-31(20)21)23-14(2)29-32(15(23)3)12-22(33)34/h5-11H,12H2,1-4H3,(H,28,35)(H,33,34). The second-order valence-electron chi connectivity index (χ2n) is 8.51. The van der Waals surface area contributed by atoms with Gasteiger partial charge in [0.25, 0.3) is 5.91 Å². The molecule has 11 heteroatoms.